The van der Waals surface area contributed by atoms with E-state index in [0.717, 1.165) is 0 Å². The van der Waals surface area contributed by atoms with Crippen LogP contribution in [0.2, 0.25) is 0 Å². The summed E-state index contributed by atoms with van der Waals surface area (Å²) >= 11 is 2.29. The van der Waals surface area contributed by atoms with Gasteiger partial charge in [0.1, 0.15) is 0 Å². The highest BCUT2D eigenvalue weighted by Crippen LogP contribution is 1.81. The lowest BCUT2D eigenvalue weighted by Crippen LogP contribution is -2.21. The summed E-state index contributed by atoms with van der Waals surface area (Å²) < 4.78 is 1.22. The maximum atomic E-state index is 2.38. The fourth-order valence-electron chi connectivity index (χ4n) is 0.671. The van der Waals surface area contributed by atoms with Crippen molar-refractivity contribution >= 4 is 22.6 Å². The average Bonchev–Trinajstić information content (AvgIpc) is 1.93. The molecule has 0 atom stereocenters. The molecule has 0 heterocycles. The van der Waals surface area contributed by atoms with E-state index in [-0.39, 0.29) is 0 Å². The van der Waals surface area contributed by atoms with Gasteiger partial charge in [0.15, 0.2) is 0 Å². The first-order valence-corrected chi connectivity index (χ1v) is 5.57. The fraction of sp³-hybridized carbons (Fsp3) is 1.00. The van der Waals surface area contributed by atoms with Crippen molar-refractivity contribution in [3.8, 4) is 0 Å². The zero-order valence-electron chi connectivity index (χ0n) is 7.65. The molecule has 0 rings (SSSR count). The fourth-order valence-corrected chi connectivity index (χ4v) is 0.671. The van der Waals surface area contributed by atoms with Crippen LogP contribution in [-0.2, 0) is 0 Å². The molecule has 0 N–H and O–H groups in total. The maximum absolute atomic E-state index is 2.38. The van der Waals surface area contributed by atoms with Crippen LogP contribution in [0, 0.1) is 0 Å². The van der Waals surface area contributed by atoms with Gasteiger partial charge in [-0.15, -0.1) is 0 Å². The van der Waals surface area contributed by atoms with Gasteiger partial charge in [-0.2, -0.15) is 0 Å². The first-order chi connectivity index (χ1) is 4.76. The second-order valence-electron chi connectivity index (χ2n) is 1.89. The quantitative estimate of drug-likeness (QED) is 0.555. The molecule has 0 fully saturated rings. The number of hydrogen-bond donors (Lipinski definition) is 0. The highest BCUT2D eigenvalue weighted by molar-refractivity contribution is 14.1. The van der Waals surface area contributed by atoms with E-state index in [2.05, 4.69) is 55.2 Å². The molecule has 0 radical (unpaired) electrons. The minimum absolute atomic E-state index is 1.19. The third-order valence-electron chi connectivity index (χ3n) is 1.34. The van der Waals surface area contributed by atoms with E-state index >= 15 is 0 Å². The second-order valence-corrected chi connectivity index (χ2v) is 3.41. The van der Waals surface area contributed by atoms with Crippen molar-refractivity contribution in [2.24, 2.45) is 0 Å². The van der Waals surface area contributed by atoms with Gasteiger partial charge in [-0.3, -0.25) is 0 Å². The normalized spacial score (nSPS) is 9.00. The molecule has 10 heavy (non-hydrogen) atoms. The third kappa shape index (κ3) is 11.5. The summed E-state index contributed by atoms with van der Waals surface area (Å²) in [5.74, 6) is 0. The standard InChI is InChI=1S/C6H15N.C2H5I/c1-4-7(5-2)6-3;1-2-3/h4-6H2,1-3H3;2H2,1H3. The minimum atomic E-state index is 1.19. The Bertz CT molecular complexity index is 39.0. The van der Waals surface area contributed by atoms with Crippen LogP contribution >= 0.6 is 22.6 Å². The molecule has 0 aliphatic rings. The van der Waals surface area contributed by atoms with Gasteiger partial charge in [-0.25, -0.2) is 0 Å². The highest BCUT2D eigenvalue weighted by Gasteiger charge is 1.89. The van der Waals surface area contributed by atoms with Crippen molar-refractivity contribution in [1.82, 2.24) is 4.90 Å². The predicted octanol–water partition coefficient (Wildman–Crippen LogP) is 2.79. The molecule has 64 valence electrons. The van der Waals surface area contributed by atoms with Crippen LogP contribution in [0.15, 0.2) is 0 Å². The molecule has 2 heteroatoms. The van der Waals surface area contributed by atoms with Gasteiger partial charge in [0.25, 0.3) is 0 Å². The van der Waals surface area contributed by atoms with Crippen molar-refractivity contribution in [3.63, 3.8) is 0 Å². The second kappa shape index (κ2) is 12.4. The molecule has 0 aliphatic heterocycles. The Morgan fingerprint density at radius 1 is 0.900 bits per heavy atom. The Balaban J connectivity index is 0. The summed E-state index contributed by atoms with van der Waals surface area (Å²) in [6.45, 7) is 12.2. The lowest BCUT2D eigenvalue weighted by molar-refractivity contribution is 0.321. The molecule has 0 aliphatic carbocycles. The molecular weight excluding hydrogens is 237 g/mol. The van der Waals surface area contributed by atoms with E-state index in [1.165, 1.54) is 24.1 Å². The van der Waals surface area contributed by atoms with E-state index in [1.54, 1.807) is 0 Å². The van der Waals surface area contributed by atoms with Crippen LogP contribution in [0.25, 0.3) is 0 Å². The largest absolute Gasteiger partial charge is 0.304 e. The van der Waals surface area contributed by atoms with Crippen LogP contribution in [0.3, 0.4) is 0 Å². The van der Waals surface area contributed by atoms with Gasteiger partial charge in [0.05, 0.1) is 0 Å². The molecule has 0 saturated heterocycles. The summed E-state index contributed by atoms with van der Waals surface area (Å²) in [7, 11) is 0. The molecule has 1 nitrogen and oxygen atoms in total. The number of halogens is 1. The van der Waals surface area contributed by atoms with Gasteiger partial charge in [0, 0.05) is 0 Å². The smallest absolute Gasteiger partial charge is 0.00332 e. The SMILES string of the molecule is CCI.CCN(CC)CC. The van der Waals surface area contributed by atoms with Crippen LogP contribution in [0.5, 0.6) is 0 Å². The van der Waals surface area contributed by atoms with Crippen molar-refractivity contribution < 1.29 is 0 Å². The number of hydrogen-bond acceptors (Lipinski definition) is 1. The number of rotatable bonds is 3. The first kappa shape index (κ1) is 13.3. The summed E-state index contributed by atoms with van der Waals surface area (Å²) in [4.78, 5) is 2.38. The summed E-state index contributed by atoms with van der Waals surface area (Å²) in [6, 6.07) is 0. The van der Waals surface area contributed by atoms with Gasteiger partial charge in [-0.1, -0.05) is 50.3 Å². The maximum Gasteiger partial charge on any atom is -0.00332 e. The monoisotopic (exact) mass is 257 g/mol. The molecule has 0 aromatic carbocycles. The van der Waals surface area contributed by atoms with Gasteiger partial charge >= 0.3 is 0 Å². The summed E-state index contributed by atoms with van der Waals surface area (Å²) in [6.07, 6.45) is 0. The Kier molecular flexibility index (Phi) is 16.4. The van der Waals surface area contributed by atoms with Crippen molar-refractivity contribution in [2.45, 2.75) is 27.7 Å². The Morgan fingerprint density at radius 2 is 1.10 bits per heavy atom. The van der Waals surface area contributed by atoms with E-state index in [1.807, 2.05) is 0 Å². The highest BCUT2D eigenvalue weighted by atomic mass is 127. The van der Waals surface area contributed by atoms with Crippen LogP contribution in [0.4, 0.5) is 0 Å². The Labute approximate surface area is 79.3 Å². The zero-order chi connectivity index (χ0) is 8.41. The van der Waals surface area contributed by atoms with E-state index in [9.17, 15) is 0 Å². The number of nitrogens with zero attached hydrogens (tertiary/aromatic N) is 1. The number of alkyl halides is 1. The van der Waals surface area contributed by atoms with E-state index in [0.29, 0.717) is 0 Å². The van der Waals surface area contributed by atoms with Gasteiger partial charge in [-0.05, 0) is 24.1 Å². The lowest BCUT2D eigenvalue weighted by atomic mass is 10.5. The lowest BCUT2D eigenvalue weighted by Gasteiger charge is -2.13. The zero-order valence-corrected chi connectivity index (χ0v) is 9.81. The molecule has 0 saturated carbocycles. The molecule has 0 aromatic rings. The molecule has 0 spiro atoms. The summed E-state index contributed by atoms with van der Waals surface area (Å²) in [5, 5.41) is 0. The minimum Gasteiger partial charge on any atom is -0.304 e. The van der Waals surface area contributed by atoms with Gasteiger partial charge < -0.3 is 4.90 Å². The average molecular weight is 257 g/mol. The molecule has 0 unspecified atom stereocenters. The molecule has 0 aromatic heterocycles. The molecular formula is C8H20IN. The van der Waals surface area contributed by atoms with E-state index in [4.69, 9.17) is 0 Å². The van der Waals surface area contributed by atoms with Gasteiger partial charge in [0.2, 0.25) is 0 Å². The Hall–Kier alpha value is 0.690. The first-order valence-electron chi connectivity index (χ1n) is 4.04. The van der Waals surface area contributed by atoms with Crippen LogP contribution in [-0.4, -0.2) is 29.0 Å². The van der Waals surface area contributed by atoms with Crippen molar-refractivity contribution in [1.29, 1.82) is 0 Å². The third-order valence-corrected chi connectivity index (χ3v) is 1.34. The summed E-state index contributed by atoms with van der Waals surface area (Å²) in [5.41, 5.74) is 0. The van der Waals surface area contributed by atoms with Crippen molar-refractivity contribution in [2.75, 3.05) is 24.1 Å². The topological polar surface area (TPSA) is 3.24 Å². The molecule has 0 bridgehead atoms. The predicted molar refractivity (Wildman–Crippen MR) is 58.0 cm³/mol. The Morgan fingerprint density at radius 3 is 1.10 bits per heavy atom. The van der Waals surface area contributed by atoms with E-state index < -0.39 is 0 Å². The van der Waals surface area contributed by atoms with Crippen molar-refractivity contribution in [3.05, 3.63) is 0 Å². The van der Waals surface area contributed by atoms with Crippen LogP contribution < -0.4 is 0 Å². The van der Waals surface area contributed by atoms with Crippen LogP contribution in [0.1, 0.15) is 27.7 Å². The molecule has 0 amide bonds.